The second-order valence-electron chi connectivity index (χ2n) is 7.58. The number of carbonyl (C=O) groups is 1. The lowest BCUT2D eigenvalue weighted by molar-refractivity contribution is -0.121. The quantitative estimate of drug-likeness (QED) is 0.378. The van der Waals surface area contributed by atoms with Crippen molar-refractivity contribution in [2.24, 2.45) is 4.99 Å². The summed E-state index contributed by atoms with van der Waals surface area (Å²) in [6.07, 6.45) is 1.03. The van der Waals surface area contributed by atoms with Crippen LogP contribution in [-0.2, 0) is 26.1 Å². The summed E-state index contributed by atoms with van der Waals surface area (Å²) in [6.45, 7) is 6.26. The van der Waals surface area contributed by atoms with Crippen molar-refractivity contribution in [1.82, 2.24) is 8.87 Å². The maximum atomic E-state index is 13.3. The van der Waals surface area contributed by atoms with Crippen molar-refractivity contribution in [2.45, 2.75) is 43.5 Å². The second kappa shape index (κ2) is 10.9. The number of benzene rings is 1. The number of hydrogen-bond acceptors (Lipinski definition) is 7. The fourth-order valence-electron chi connectivity index (χ4n) is 3.91. The molecule has 4 rings (SSSR count). The standard InChI is InChI=1S/C22H26ClN3O5S3/c1-3-30-13-12-25-16-8-7-15(31-4-2)14-18(16)32-22(25)24-21(27)17-6-5-11-26(17)34(28,29)20-10-9-19(23)33-20/h7-10,14,17H,3-6,11-13H2,1-2H3. The number of thiazole rings is 1. The van der Waals surface area contributed by atoms with Gasteiger partial charge in [0.15, 0.2) is 4.80 Å². The Bertz CT molecular complexity index is 1350. The van der Waals surface area contributed by atoms with Crippen LogP contribution in [0.1, 0.15) is 26.7 Å². The van der Waals surface area contributed by atoms with E-state index in [0.29, 0.717) is 48.3 Å². The Morgan fingerprint density at radius 3 is 2.74 bits per heavy atom. The maximum absolute atomic E-state index is 13.3. The molecule has 34 heavy (non-hydrogen) atoms. The fraction of sp³-hybridized carbons (Fsp3) is 0.455. The van der Waals surface area contributed by atoms with Gasteiger partial charge >= 0.3 is 0 Å². The molecule has 1 atom stereocenters. The minimum Gasteiger partial charge on any atom is -0.494 e. The number of ether oxygens (including phenoxy) is 2. The summed E-state index contributed by atoms with van der Waals surface area (Å²) in [5, 5.41) is 0. The van der Waals surface area contributed by atoms with Crippen molar-refractivity contribution >= 4 is 60.4 Å². The van der Waals surface area contributed by atoms with E-state index in [4.69, 9.17) is 21.1 Å². The minimum atomic E-state index is -3.82. The molecule has 1 saturated heterocycles. The van der Waals surface area contributed by atoms with E-state index in [1.165, 1.54) is 21.7 Å². The van der Waals surface area contributed by atoms with Crippen LogP contribution in [0.15, 0.2) is 39.5 Å². The zero-order valence-corrected chi connectivity index (χ0v) is 22.1. The topological polar surface area (TPSA) is 90.2 Å². The van der Waals surface area contributed by atoms with Crippen LogP contribution in [0.25, 0.3) is 10.2 Å². The summed E-state index contributed by atoms with van der Waals surface area (Å²) in [5.74, 6) is 0.277. The normalized spacial score (nSPS) is 17.6. The number of rotatable bonds is 9. The van der Waals surface area contributed by atoms with Crippen LogP contribution in [0, 0.1) is 0 Å². The van der Waals surface area contributed by atoms with Gasteiger partial charge in [-0.25, -0.2) is 8.42 Å². The van der Waals surface area contributed by atoms with E-state index in [0.717, 1.165) is 27.3 Å². The summed E-state index contributed by atoms with van der Waals surface area (Å²) in [4.78, 5) is 18.2. The summed E-state index contributed by atoms with van der Waals surface area (Å²) in [5.41, 5.74) is 0.920. The van der Waals surface area contributed by atoms with E-state index < -0.39 is 22.0 Å². The van der Waals surface area contributed by atoms with Crippen LogP contribution in [0.3, 0.4) is 0 Å². The van der Waals surface area contributed by atoms with E-state index >= 15 is 0 Å². The molecule has 2 aromatic heterocycles. The van der Waals surface area contributed by atoms with E-state index in [1.807, 2.05) is 36.6 Å². The van der Waals surface area contributed by atoms with Crippen molar-refractivity contribution in [3.8, 4) is 5.75 Å². The van der Waals surface area contributed by atoms with E-state index in [9.17, 15) is 13.2 Å². The molecule has 8 nitrogen and oxygen atoms in total. The average molecular weight is 544 g/mol. The van der Waals surface area contributed by atoms with Crippen LogP contribution in [0.2, 0.25) is 4.34 Å². The van der Waals surface area contributed by atoms with Gasteiger partial charge in [0.1, 0.15) is 16.0 Å². The molecule has 0 aliphatic carbocycles. The predicted octanol–water partition coefficient (Wildman–Crippen LogP) is 4.13. The first-order valence-corrected chi connectivity index (χ1v) is 14.5. The Morgan fingerprint density at radius 1 is 1.21 bits per heavy atom. The van der Waals surface area contributed by atoms with Gasteiger partial charge in [0, 0.05) is 19.7 Å². The highest BCUT2D eigenvalue weighted by atomic mass is 35.5. The van der Waals surface area contributed by atoms with Crippen LogP contribution in [0.5, 0.6) is 5.75 Å². The van der Waals surface area contributed by atoms with Crippen molar-refractivity contribution in [1.29, 1.82) is 0 Å². The number of sulfonamides is 1. The van der Waals surface area contributed by atoms with E-state index in [2.05, 4.69) is 4.99 Å². The molecule has 3 aromatic rings. The van der Waals surface area contributed by atoms with Crippen molar-refractivity contribution < 1.29 is 22.7 Å². The molecule has 1 aliphatic rings. The zero-order valence-electron chi connectivity index (χ0n) is 18.9. The van der Waals surface area contributed by atoms with Gasteiger partial charge in [-0.3, -0.25) is 4.79 Å². The molecule has 0 bridgehead atoms. The Balaban J connectivity index is 1.70. The number of nitrogens with zero attached hydrogens (tertiary/aromatic N) is 3. The monoisotopic (exact) mass is 543 g/mol. The van der Waals surface area contributed by atoms with Gasteiger partial charge in [-0.2, -0.15) is 9.30 Å². The first kappa shape index (κ1) is 25.3. The molecule has 1 aromatic carbocycles. The average Bonchev–Trinajstić information content (AvgIpc) is 3.53. The fourth-order valence-corrected chi connectivity index (χ4v) is 8.26. The Morgan fingerprint density at radius 2 is 2.03 bits per heavy atom. The SMILES string of the molecule is CCOCCn1c(=NC(=O)C2CCCN2S(=O)(=O)c2ccc(Cl)s2)sc2cc(OCC)ccc21. The maximum Gasteiger partial charge on any atom is 0.266 e. The zero-order chi connectivity index (χ0) is 24.3. The molecule has 184 valence electrons. The van der Waals surface area contributed by atoms with Gasteiger partial charge in [0.05, 0.1) is 27.8 Å². The number of fused-ring (bicyclic) bond motifs is 1. The molecule has 1 amide bonds. The number of thiophene rings is 1. The first-order valence-electron chi connectivity index (χ1n) is 11.0. The number of halogens is 1. The van der Waals surface area contributed by atoms with Crippen LogP contribution in [-0.4, -0.2) is 55.6 Å². The molecule has 0 radical (unpaired) electrons. The molecule has 0 spiro atoms. The third kappa shape index (κ3) is 5.24. The number of aromatic nitrogens is 1. The lowest BCUT2D eigenvalue weighted by atomic mass is 10.2. The van der Waals surface area contributed by atoms with Gasteiger partial charge in [-0.15, -0.1) is 11.3 Å². The molecule has 1 fully saturated rings. The molecule has 0 N–H and O–H groups in total. The summed E-state index contributed by atoms with van der Waals surface area (Å²) in [7, 11) is -3.82. The molecule has 3 heterocycles. The molecular formula is C22H26ClN3O5S3. The molecule has 1 unspecified atom stereocenters. The van der Waals surface area contributed by atoms with Crippen molar-refractivity contribution in [3.63, 3.8) is 0 Å². The van der Waals surface area contributed by atoms with Gasteiger partial charge in [-0.05, 0) is 57.0 Å². The lowest BCUT2D eigenvalue weighted by Crippen LogP contribution is -2.40. The molecule has 12 heteroatoms. The number of hydrogen-bond donors (Lipinski definition) is 0. The Hall–Kier alpha value is -1.76. The smallest absolute Gasteiger partial charge is 0.266 e. The van der Waals surface area contributed by atoms with Gasteiger partial charge in [0.25, 0.3) is 15.9 Å². The third-order valence-electron chi connectivity index (χ3n) is 5.43. The highest BCUT2D eigenvalue weighted by molar-refractivity contribution is 7.91. The third-order valence-corrected chi connectivity index (χ3v) is 10.1. The van der Waals surface area contributed by atoms with Crippen molar-refractivity contribution in [2.75, 3.05) is 26.4 Å². The summed E-state index contributed by atoms with van der Waals surface area (Å²) in [6, 6.07) is 7.94. The Kier molecular flexibility index (Phi) is 8.11. The van der Waals surface area contributed by atoms with E-state index in [-0.39, 0.29) is 10.8 Å². The molecular weight excluding hydrogens is 518 g/mol. The summed E-state index contributed by atoms with van der Waals surface area (Å²) >= 11 is 8.31. The first-order chi connectivity index (χ1) is 16.3. The predicted molar refractivity (Wildman–Crippen MR) is 134 cm³/mol. The number of carbonyl (C=O) groups excluding carboxylic acids is 1. The van der Waals surface area contributed by atoms with Crippen molar-refractivity contribution in [3.05, 3.63) is 39.5 Å². The lowest BCUT2D eigenvalue weighted by Gasteiger charge is -2.20. The molecule has 0 saturated carbocycles. The minimum absolute atomic E-state index is 0.134. The van der Waals surface area contributed by atoms with Gasteiger partial charge in [0.2, 0.25) is 0 Å². The van der Waals surface area contributed by atoms with Crippen LogP contribution in [0.4, 0.5) is 0 Å². The van der Waals surface area contributed by atoms with Gasteiger partial charge < -0.3 is 14.0 Å². The Labute approximate surface area is 211 Å². The van der Waals surface area contributed by atoms with Gasteiger partial charge in [-0.1, -0.05) is 22.9 Å². The second-order valence-corrected chi connectivity index (χ2v) is 12.4. The summed E-state index contributed by atoms with van der Waals surface area (Å²) < 4.78 is 42.1. The highest BCUT2D eigenvalue weighted by Gasteiger charge is 2.40. The van der Waals surface area contributed by atoms with Crippen LogP contribution >= 0.6 is 34.3 Å². The highest BCUT2D eigenvalue weighted by Crippen LogP contribution is 2.32. The van der Waals surface area contributed by atoms with E-state index in [1.54, 1.807) is 6.07 Å². The molecule has 1 aliphatic heterocycles. The largest absolute Gasteiger partial charge is 0.494 e. The number of amides is 1. The van der Waals surface area contributed by atoms with Crippen LogP contribution < -0.4 is 9.54 Å².